The largest absolute Gasteiger partial charge is 1.00 e. The lowest BCUT2D eigenvalue weighted by Crippen LogP contribution is -3.00. The number of benzene rings is 3. The summed E-state index contributed by atoms with van der Waals surface area (Å²) in [7, 11) is -2.68. The molecule has 1 nitrogen and oxygen atoms in total. The van der Waals surface area contributed by atoms with E-state index in [2.05, 4.69) is 4.99 Å². The maximum Gasteiger partial charge on any atom is 0.243 e. The Morgan fingerprint density at radius 3 is 1.19 bits per heavy atom. The lowest BCUT2D eigenvalue weighted by Gasteiger charge is -2.27. The summed E-state index contributed by atoms with van der Waals surface area (Å²) in [6, 6.07) is 29.7. The summed E-state index contributed by atoms with van der Waals surface area (Å²) >= 11 is 37.2. The zero-order valence-corrected chi connectivity index (χ0v) is 21.9. The first-order valence-electron chi connectivity index (χ1n) is 8.71. The van der Waals surface area contributed by atoms with Gasteiger partial charge in [0.1, 0.15) is 15.9 Å². The molecule has 0 atom stereocenters. The molecule has 0 heterocycles. The number of aliphatic imine (C=N–C) groups is 1. The van der Waals surface area contributed by atoms with E-state index in [0.29, 0.717) is 5.44 Å². The van der Waals surface area contributed by atoms with E-state index in [4.69, 9.17) is 69.6 Å². The van der Waals surface area contributed by atoms with Gasteiger partial charge in [0.15, 0.2) is 16.9 Å². The summed E-state index contributed by atoms with van der Waals surface area (Å²) in [6.07, 6.45) is 0. The molecule has 0 aliphatic heterocycles. The van der Waals surface area contributed by atoms with Crippen LogP contribution in [0.5, 0.6) is 0 Å². The molecule has 0 aliphatic rings. The van der Waals surface area contributed by atoms with E-state index in [9.17, 15) is 0 Å². The Labute approximate surface area is 218 Å². The predicted octanol–water partition coefficient (Wildman–Crippen LogP) is 4.60. The van der Waals surface area contributed by atoms with Gasteiger partial charge in [0.2, 0.25) is 9.23 Å². The number of hydrogen-bond donors (Lipinski definition) is 0. The highest BCUT2D eigenvalue weighted by atomic mass is 35.6. The van der Waals surface area contributed by atoms with Crippen LogP contribution in [0.2, 0.25) is 0 Å². The van der Waals surface area contributed by atoms with Crippen LogP contribution in [0.3, 0.4) is 0 Å². The molecule has 3 rings (SSSR count). The third-order valence-corrected chi connectivity index (χ3v) is 10.3. The van der Waals surface area contributed by atoms with E-state index >= 15 is 0 Å². The number of nitrogens with zero attached hydrogens (tertiary/aromatic N) is 1. The van der Waals surface area contributed by atoms with Crippen LogP contribution in [-0.4, -0.2) is 8.96 Å². The van der Waals surface area contributed by atoms with E-state index in [0.717, 1.165) is 15.9 Å². The van der Waals surface area contributed by atoms with Gasteiger partial charge in [-0.05, 0) is 36.4 Å². The maximum atomic E-state index is 6.45. The fraction of sp³-hybridized carbons (Fsp3) is 0.0455. The topological polar surface area (TPSA) is 12.4 Å². The standard InChI is InChI=1S/C22H15Cl6NP.ClH/c23-19(24)20(29-21(25)22(26,27)28)30(16-10-4-1-5-11-16,17-12-6-2-7-13-17)18-14-8-3-9-15-18;/h1-15H;1H/q+1;/p-1/b29-21-;. The molecule has 0 saturated carbocycles. The highest BCUT2D eigenvalue weighted by Gasteiger charge is 2.52. The normalized spacial score (nSPS) is 12.1. The minimum Gasteiger partial charge on any atom is -1.00 e. The molecule has 0 spiro atoms. The fourth-order valence-electron chi connectivity index (χ4n) is 3.17. The van der Waals surface area contributed by atoms with Gasteiger partial charge in [-0.25, -0.2) is 0 Å². The molecule has 9 heteroatoms. The summed E-state index contributed by atoms with van der Waals surface area (Å²) in [5, 5.41) is 2.70. The highest BCUT2D eigenvalue weighted by molar-refractivity contribution is 7.99. The minimum atomic E-state index is -2.68. The van der Waals surface area contributed by atoms with Crippen molar-refractivity contribution in [1.82, 2.24) is 0 Å². The molecule has 162 valence electrons. The predicted molar refractivity (Wildman–Crippen MR) is 137 cm³/mol. The van der Waals surface area contributed by atoms with E-state index in [1.807, 2.05) is 91.0 Å². The number of halogens is 7. The summed E-state index contributed by atoms with van der Waals surface area (Å²) in [4.78, 5) is 4.50. The van der Waals surface area contributed by atoms with Crippen molar-refractivity contribution in [2.75, 3.05) is 0 Å². The number of hydrogen-bond acceptors (Lipinski definition) is 1. The Balaban J connectivity index is 0.00000341. The molecule has 0 aromatic heterocycles. The monoisotopic (exact) mass is 569 g/mol. The zero-order chi connectivity index (χ0) is 21.8. The fourth-order valence-corrected chi connectivity index (χ4v) is 8.27. The van der Waals surface area contributed by atoms with Crippen LogP contribution in [-0.2, 0) is 0 Å². The molecule has 3 aromatic rings. The summed E-state index contributed by atoms with van der Waals surface area (Å²) < 4.78 is -1.97. The number of rotatable bonds is 5. The van der Waals surface area contributed by atoms with Crippen molar-refractivity contribution in [3.05, 3.63) is 101 Å². The van der Waals surface area contributed by atoms with E-state index < -0.39 is 11.1 Å². The molecule has 0 unspecified atom stereocenters. The van der Waals surface area contributed by atoms with Crippen molar-refractivity contribution >= 4 is 98.0 Å². The van der Waals surface area contributed by atoms with E-state index in [1.165, 1.54) is 0 Å². The third kappa shape index (κ3) is 5.91. The molecule has 3 aromatic carbocycles. The third-order valence-electron chi connectivity index (χ3n) is 4.36. The molecule has 0 N–H and O–H groups in total. The van der Waals surface area contributed by atoms with Crippen LogP contribution in [0.4, 0.5) is 0 Å². The van der Waals surface area contributed by atoms with Gasteiger partial charge < -0.3 is 12.4 Å². The lowest BCUT2D eigenvalue weighted by molar-refractivity contribution is -0.00000532. The van der Waals surface area contributed by atoms with Crippen LogP contribution < -0.4 is 28.3 Å². The van der Waals surface area contributed by atoms with Gasteiger partial charge in [0.05, 0.1) is 0 Å². The maximum absolute atomic E-state index is 6.45. The van der Waals surface area contributed by atoms with E-state index in [1.54, 1.807) is 0 Å². The Hall–Kier alpha value is -0.470. The molecule has 0 radical (unpaired) electrons. The van der Waals surface area contributed by atoms with Crippen LogP contribution in [0.25, 0.3) is 0 Å². The average molecular weight is 573 g/mol. The van der Waals surface area contributed by atoms with Crippen LogP contribution in [0, 0.1) is 0 Å². The molecule has 0 fully saturated rings. The van der Waals surface area contributed by atoms with Crippen LogP contribution >= 0.6 is 76.9 Å². The smallest absolute Gasteiger partial charge is 0.243 e. The van der Waals surface area contributed by atoms with Crippen LogP contribution in [0.15, 0.2) is 106 Å². The van der Waals surface area contributed by atoms with E-state index in [-0.39, 0.29) is 22.1 Å². The molecule has 0 amide bonds. The van der Waals surface area contributed by atoms with Crippen molar-refractivity contribution in [3.8, 4) is 0 Å². The first-order chi connectivity index (χ1) is 14.3. The highest BCUT2D eigenvalue weighted by Crippen LogP contribution is 2.65. The van der Waals surface area contributed by atoms with Crippen molar-refractivity contribution in [2.24, 2.45) is 4.99 Å². The number of alkyl halides is 3. The SMILES string of the molecule is ClC(Cl)=C(/N=C(\Cl)C(Cl)(Cl)Cl)[P+](c1ccccc1)(c1ccccc1)c1ccccc1.[Cl-]. The van der Waals surface area contributed by atoms with Gasteiger partial charge >= 0.3 is 0 Å². The van der Waals surface area contributed by atoms with Crippen molar-refractivity contribution in [2.45, 2.75) is 3.79 Å². The molecule has 31 heavy (non-hydrogen) atoms. The first kappa shape index (κ1) is 26.8. The van der Waals surface area contributed by atoms with Crippen molar-refractivity contribution < 1.29 is 12.4 Å². The summed E-state index contributed by atoms with van der Waals surface area (Å²) in [6.45, 7) is 0. The van der Waals surface area contributed by atoms with Gasteiger partial charge in [-0.3, -0.25) is 0 Å². The average Bonchev–Trinajstić information content (AvgIpc) is 2.75. The Morgan fingerprint density at radius 1 is 0.613 bits per heavy atom. The Morgan fingerprint density at radius 2 is 0.935 bits per heavy atom. The second-order valence-electron chi connectivity index (χ2n) is 6.16. The van der Waals surface area contributed by atoms with Crippen molar-refractivity contribution in [1.29, 1.82) is 0 Å². The molecular formula is C22H15Cl7NP. The Bertz CT molecular complexity index is 949. The summed E-state index contributed by atoms with van der Waals surface area (Å²) in [5.74, 6) is 0. The van der Waals surface area contributed by atoms with Gasteiger partial charge in [-0.1, -0.05) is 124 Å². The van der Waals surface area contributed by atoms with Crippen LogP contribution in [0.1, 0.15) is 0 Å². The second-order valence-corrected chi connectivity index (χ2v) is 13.1. The lowest BCUT2D eigenvalue weighted by atomic mass is 10.4. The summed E-state index contributed by atoms with van der Waals surface area (Å²) in [5.41, 5.74) is 0.353. The van der Waals surface area contributed by atoms with Gasteiger partial charge in [-0.2, -0.15) is 4.99 Å². The second kappa shape index (κ2) is 11.6. The molecule has 0 bridgehead atoms. The Kier molecular flexibility index (Phi) is 10.0. The quantitative estimate of drug-likeness (QED) is 0.241. The van der Waals surface area contributed by atoms with Gasteiger partial charge in [-0.15, -0.1) is 0 Å². The molecular weight excluding hydrogens is 557 g/mol. The zero-order valence-electron chi connectivity index (χ0n) is 15.7. The first-order valence-corrected chi connectivity index (χ1v) is 12.8. The van der Waals surface area contributed by atoms with Gasteiger partial charge in [0, 0.05) is 0 Å². The van der Waals surface area contributed by atoms with Crippen molar-refractivity contribution in [3.63, 3.8) is 0 Å². The molecule has 0 aliphatic carbocycles. The van der Waals surface area contributed by atoms with Gasteiger partial charge in [0.25, 0.3) is 0 Å². The minimum absolute atomic E-state index is 0. The molecule has 0 saturated heterocycles.